The van der Waals surface area contributed by atoms with Gasteiger partial charge >= 0.3 is 0 Å². The van der Waals surface area contributed by atoms with Crippen molar-refractivity contribution < 1.29 is 4.79 Å². The Hall–Kier alpha value is -1.22. The zero-order chi connectivity index (χ0) is 15.1. The summed E-state index contributed by atoms with van der Waals surface area (Å²) in [5, 5.41) is 6.91. The number of anilines is 1. The van der Waals surface area contributed by atoms with Crippen molar-refractivity contribution >= 4 is 23.2 Å². The minimum Gasteiger partial charge on any atom is -0.385 e. The highest BCUT2D eigenvalue weighted by molar-refractivity contribution is 6.31. The second-order valence-corrected chi connectivity index (χ2v) is 7.01. The van der Waals surface area contributed by atoms with E-state index in [9.17, 15) is 4.79 Å². The standard InChI is InChI=1S/C16H23ClN2O/c1-6-18-12-8-7-10(17)9-11(12)13(20)19-14-15(2,3)16(14,4)5/h7-9,14,18H,6H2,1-5H3,(H,19,20). The number of rotatable bonds is 4. The van der Waals surface area contributed by atoms with Gasteiger partial charge in [-0.25, -0.2) is 0 Å². The Morgan fingerprint density at radius 2 is 1.85 bits per heavy atom. The number of carbonyl (C=O) groups excluding carboxylic acids is 1. The fourth-order valence-corrected chi connectivity index (χ4v) is 2.99. The van der Waals surface area contributed by atoms with Gasteiger partial charge in [0.25, 0.3) is 5.91 Å². The van der Waals surface area contributed by atoms with Crippen LogP contribution in [0.4, 0.5) is 5.69 Å². The van der Waals surface area contributed by atoms with Gasteiger partial charge in [-0.3, -0.25) is 4.79 Å². The largest absolute Gasteiger partial charge is 0.385 e. The number of amides is 1. The highest BCUT2D eigenvalue weighted by Crippen LogP contribution is 2.62. The quantitative estimate of drug-likeness (QED) is 0.883. The Balaban J connectivity index is 2.20. The third-order valence-corrected chi connectivity index (χ3v) is 5.12. The second kappa shape index (κ2) is 4.96. The van der Waals surface area contributed by atoms with Crippen LogP contribution in [0, 0.1) is 10.8 Å². The summed E-state index contributed by atoms with van der Waals surface area (Å²) in [5.74, 6) is -0.0629. The monoisotopic (exact) mass is 294 g/mol. The third-order valence-electron chi connectivity index (χ3n) is 4.89. The van der Waals surface area contributed by atoms with Gasteiger partial charge in [-0.05, 0) is 36.0 Å². The minimum absolute atomic E-state index is 0.0629. The molecule has 1 aliphatic rings. The lowest BCUT2D eigenvalue weighted by Crippen LogP contribution is -2.30. The van der Waals surface area contributed by atoms with Gasteiger partial charge in [0.05, 0.1) is 5.56 Å². The van der Waals surface area contributed by atoms with Crippen molar-refractivity contribution in [1.29, 1.82) is 0 Å². The summed E-state index contributed by atoms with van der Waals surface area (Å²) in [4.78, 5) is 12.5. The van der Waals surface area contributed by atoms with Crippen molar-refractivity contribution in [2.75, 3.05) is 11.9 Å². The van der Waals surface area contributed by atoms with Gasteiger partial charge in [0.1, 0.15) is 0 Å². The maximum atomic E-state index is 12.5. The molecule has 0 radical (unpaired) electrons. The number of carbonyl (C=O) groups is 1. The maximum Gasteiger partial charge on any atom is 0.253 e. The van der Waals surface area contributed by atoms with Crippen LogP contribution >= 0.6 is 11.6 Å². The van der Waals surface area contributed by atoms with Crippen LogP contribution in [0.1, 0.15) is 45.0 Å². The van der Waals surface area contributed by atoms with E-state index in [2.05, 4.69) is 38.3 Å². The van der Waals surface area contributed by atoms with Crippen LogP contribution in [0.25, 0.3) is 0 Å². The SMILES string of the molecule is CCNc1ccc(Cl)cc1C(=O)NC1C(C)(C)C1(C)C. The molecule has 0 aliphatic heterocycles. The fourth-order valence-electron chi connectivity index (χ4n) is 2.81. The molecule has 3 nitrogen and oxygen atoms in total. The highest BCUT2D eigenvalue weighted by Gasteiger charge is 2.65. The van der Waals surface area contributed by atoms with Crippen molar-refractivity contribution in [1.82, 2.24) is 5.32 Å². The first-order valence-corrected chi connectivity index (χ1v) is 7.44. The molecule has 1 amide bonds. The summed E-state index contributed by atoms with van der Waals surface area (Å²) >= 11 is 6.02. The first kappa shape index (κ1) is 15.2. The number of hydrogen-bond donors (Lipinski definition) is 2. The van der Waals surface area contributed by atoms with Gasteiger partial charge < -0.3 is 10.6 Å². The molecule has 0 atom stereocenters. The normalized spacial score (nSPS) is 19.5. The molecule has 1 aromatic rings. The van der Waals surface area contributed by atoms with Crippen molar-refractivity contribution in [3.63, 3.8) is 0 Å². The lowest BCUT2D eigenvalue weighted by molar-refractivity contribution is 0.0944. The van der Waals surface area contributed by atoms with E-state index in [1.165, 1.54) is 0 Å². The summed E-state index contributed by atoms with van der Waals surface area (Å²) in [6.45, 7) is 11.5. The van der Waals surface area contributed by atoms with Crippen LogP contribution in [0.15, 0.2) is 18.2 Å². The molecule has 1 aromatic carbocycles. The first-order valence-electron chi connectivity index (χ1n) is 7.06. The molecule has 1 saturated carbocycles. The molecule has 110 valence electrons. The Labute approximate surface area is 126 Å². The van der Waals surface area contributed by atoms with Gasteiger partial charge in [0, 0.05) is 23.3 Å². The van der Waals surface area contributed by atoms with Gasteiger partial charge in [-0.15, -0.1) is 0 Å². The number of halogens is 1. The molecule has 2 N–H and O–H groups in total. The summed E-state index contributed by atoms with van der Waals surface area (Å²) in [6.07, 6.45) is 0. The van der Waals surface area contributed by atoms with Crippen LogP contribution < -0.4 is 10.6 Å². The van der Waals surface area contributed by atoms with Crippen molar-refractivity contribution in [2.24, 2.45) is 10.8 Å². The molecule has 0 unspecified atom stereocenters. The van der Waals surface area contributed by atoms with Crippen LogP contribution in [0.3, 0.4) is 0 Å². The predicted molar refractivity (Wildman–Crippen MR) is 84.4 cm³/mol. The van der Waals surface area contributed by atoms with Gasteiger partial charge in [-0.2, -0.15) is 0 Å². The molecule has 0 spiro atoms. The van der Waals surface area contributed by atoms with E-state index in [0.717, 1.165) is 12.2 Å². The van der Waals surface area contributed by atoms with E-state index in [0.29, 0.717) is 10.6 Å². The van der Waals surface area contributed by atoms with Crippen LogP contribution in [-0.4, -0.2) is 18.5 Å². The summed E-state index contributed by atoms with van der Waals surface area (Å²) in [7, 11) is 0. The van der Waals surface area contributed by atoms with E-state index in [4.69, 9.17) is 11.6 Å². The average molecular weight is 295 g/mol. The molecule has 0 saturated heterocycles. The molecular weight excluding hydrogens is 272 g/mol. The lowest BCUT2D eigenvalue weighted by Gasteiger charge is -2.12. The minimum atomic E-state index is -0.0629. The van der Waals surface area contributed by atoms with E-state index < -0.39 is 0 Å². The summed E-state index contributed by atoms with van der Waals surface area (Å²) in [5.41, 5.74) is 1.68. The molecule has 0 aromatic heterocycles. The molecule has 0 heterocycles. The Bertz CT molecular complexity index is 523. The maximum absolute atomic E-state index is 12.5. The van der Waals surface area contributed by atoms with Crippen molar-refractivity contribution in [3.8, 4) is 0 Å². The molecule has 1 aliphatic carbocycles. The first-order chi connectivity index (χ1) is 9.21. The van der Waals surface area contributed by atoms with E-state index in [1.54, 1.807) is 12.1 Å². The highest BCUT2D eigenvalue weighted by atomic mass is 35.5. The molecule has 2 rings (SSSR count). The van der Waals surface area contributed by atoms with Crippen molar-refractivity contribution in [2.45, 2.75) is 40.7 Å². The van der Waals surface area contributed by atoms with Gasteiger partial charge in [-0.1, -0.05) is 39.3 Å². The molecule has 20 heavy (non-hydrogen) atoms. The third kappa shape index (κ3) is 2.39. The predicted octanol–water partition coefficient (Wildman–Crippen LogP) is 3.94. The lowest BCUT2D eigenvalue weighted by atomic mass is 10.0. The molecular formula is C16H23ClN2O. The second-order valence-electron chi connectivity index (χ2n) is 6.57. The van der Waals surface area contributed by atoms with Crippen LogP contribution in [0.5, 0.6) is 0 Å². The zero-order valence-electron chi connectivity index (χ0n) is 12.8. The van der Waals surface area contributed by atoms with E-state index >= 15 is 0 Å². The Morgan fingerprint density at radius 3 is 2.35 bits per heavy atom. The molecule has 0 bridgehead atoms. The van der Waals surface area contributed by atoms with Crippen molar-refractivity contribution in [3.05, 3.63) is 28.8 Å². The average Bonchev–Trinajstić information content (AvgIpc) is 2.74. The molecule has 4 heteroatoms. The van der Waals surface area contributed by atoms with Gasteiger partial charge in [0.2, 0.25) is 0 Å². The number of hydrogen-bond acceptors (Lipinski definition) is 2. The fraction of sp³-hybridized carbons (Fsp3) is 0.562. The molecule has 1 fully saturated rings. The van der Waals surface area contributed by atoms with Crippen LogP contribution in [-0.2, 0) is 0 Å². The smallest absolute Gasteiger partial charge is 0.253 e. The number of nitrogens with one attached hydrogen (secondary N) is 2. The van der Waals surface area contributed by atoms with Gasteiger partial charge in [0.15, 0.2) is 0 Å². The summed E-state index contributed by atoms with van der Waals surface area (Å²) < 4.78 is 0. The Morgan fingerprint density at radius 1 is 1.25 bits per heavy atom. The zero-order valence-corrected chi connectivity index (χ0v) is 13.6. The van der Waals surface area contributed by atoms with E-state index in [-0.39, 0.29) is 22.8 Å². The van der Waals surface area contributed by atoms with E-state index in [1.807, 2.05) is 13.0 Å². The number of benzene rings is 1. The summed E-state index contributed by atoms with van der Waals surface area (Å²) in [6, 6.07) is 5.55. The topological polar surface area (TPSA) is 41.1 Å². The Kier molecular flexibility index (Phi) is 3.76. The van der Waals surface area contributed by atoms with Crippen LogP contribution in [0.2, 0.25) is 5.02 Å².